The molecule has 0 saturated carbocycles. The number of hydrogen-bond donors (Lipinski definition) is 0. The van der Waals surface area contributed by atoms with Crippen LogP contribution in [0.3, 0.4) is 0 Å². The van der Waals surface area contributed by atoms with Crippen molar-refractivity contribution in [3.63, 3.8) is 0 Å². The van der Waals surface area contributed by atoms with Crippen LogP contribution < -0.4 is 0 Å². The van der Waals surface area contributed by atoms with Gasteiger partial charge in [0, 0.05) is 10.3 Å². The van der Waals surface area contributed by atoms with E-state index in [1.54, 1.807) is 17.4 Å². The number of thiophene rings is 1. The van der Waals surface area contributed by atoms with Crippen molar-refractivity contribution in [2.45, 2.75) is 0 Å². The minimum atomic E-state index is 0.362. The first-order chi connectivity index (χ1) is 7.86. The fourth-order valence-electron chi connectivity index (χ4n) is 1.68. The van der Waals surface area contributed by atoms with Crippen LogP contribution in [0.2, 0.25) is 0 Å². The Bertz CT molecular complexity index is 649. The summed E-state index contributed by atoms with van der Waals surface area (Å²) in [6.45, 7) is 0. The summed E-state index contributed by atoms with van der Waals surface area (Å²) < 4.78 is 6.60. The van der Waals surface area contributed by atoms with E-state index in [4.69, 9.17) is 4.42 Å². The predicted octanol–water partition coefficient (Wildman–Crippen LogP) is 3.97. The number of fused-ring (bicyclic) bond motifs is 1. The van der Waals surface area contributed by atoms with E-state index < -0.39 is 0 Å². The third-order valence-corrected chi connectivity index (χ3v) is 3.36. The third-order valence-electron chi connectivity index (χ3n) is 2.48. The summed E-state index contributed by atoms with van der Waals surface area (Å²) in [5.41, 5.74) is 1.00. The van der Waals surface area contributed by atoms with Gasteiger partial charge in [-0.1, -0.05) is 12.1 Å². The highest BCUT2D eigenvalue weighted by molar-refractivity contribution is 7.17. The van der Waals surface area contributed by atoms with Crippen LogP contribution in [0.5, 0.6) is 0 Å². The zero-order chi connectivity index (χ0) is 11.0. The number of rotatable bonds is 2. The van der Waals surface area contributed by atoms with Gasteiger partial charge in [-0.25, -0.2) is 0 Å². The normalized spacial score (nSPS) is 10.8. The van der Waals surface area contributed by atoms with E-state index in [9.17, 15) is 4.79 Å². The number of carbonyl (C=O) groups is 1. The van der Waals surface area contributed by atoms with Gasteiger partial charge in [0.15, 0.2) is 12.0 Å². The van der Waals surface area contributed by atoms with E-state index in [2.05, 4.69) is 23.6 Å². The van der Waals surface area contributed by atoms with Crippen molar-refractivity contribution < 1.29 is 9.21 Å². The lowest BCUT2D eigenvalue weighted by atomic mass is 10.1. The number of benzene rings is 1. The average Bonchev–Trinajstić information content (AvgIpc) is 2.96. The molecule has 0 atom stereocenters. The second kappa shape index (κ2) is 3.61. The number of furan rings is 1. The monoisotopic (exact) mass is 228 g/mol. The zero-order valence-corrected chi connectivity index (χ0v) is 9.16. The Kier molecular flexibility index (Phi) is 2.11. The molecule has 0 fully saturated rings. The van der Waals surface area contributed by atoms with E-state index in [0.29, 0.717) is 12.0 Å². The van der Waals surface area contributed by atoms with Gasteiger partial charge < -0.3 is 4.42 Å². The van der Waals surface area contributed by atoms with Crippen molar-refractivity contribution in [2.24, 2.45) is 0 Å². The first kappa shape index (κ1) is 9.36. The maximum atomic E-state index is 10.5. The smallest absolute Gasteiger partial charge is 0.185 e. The highest BCUT2D eigenvalue weighted by Crippen LogP contribution is 2.28. The highest BCUT2D eigenvalue weighted by Gasteiger charge is 2.05. The van der Waals surface area contributed by atoms with E-state index in [0.717, 1.165) is 11.3 Å². The lowest BCUT2D eigenvalue weighted by Gasteiger charge is -1.96. The largest absolute Gasteiger partial charge is 0.453 e. The summed E-state index contributed by atoms with van der Waals surface area (Å²) in [6.07, 6.45) is 0.715. The van der Waals surface area contributed by atoms with E-state index >= 15 is 0 Å². The van der Waals surface area contributed by atoms with Gasteiger partial charge >= 0.3 is 0 Å². The molecule has 0 spiro atoms. The van der Waals surface area contributed by atoms with Gasteiger partial charge in [0.25, 0.3) is 0 Å². The second-order valence-electron chi connectivity index (χ2n) is 3.49. The summed E-state index contributed by atoms with van der Waals surface area (Å²) in [5.74, 6) is 1.10. The lowest BCUT2D eigenvalue weighted by Crippen LogP contribution is -1.73. The SMILES string of the molecule is O=Cc1ccc(-c2ccc3ccsc3c2)o1. The summed E-state index contributed by atoms with van der Waals surface area (Å²) in [7, 11) is 0. The zero-order valence-electron chi connectivity index (χ0n) is 8.34. The van der Waals surface area contributed by atoms with Crippen LogP contribution >= 0.6 is 11.3 Å². The molecule has 0 aliphatic heterocycles. The Morgan fingerprint density at radius 1 is 1.12 bits per heavy atom. The Hall–Kier alpha value is -1.87. The molecule has 2 nitrogen and oxygen atoms in total. The molecule has 3 heteroatoms. The molecule has 2 heterocycles. The van der Waals surface area contributed by atoms with Crippen molar-refractivity contribution in [1.82, 2.24) is 0 Å². The average molecular weight is 228 g/mol. The van der Waals surface area contributed by atoms with Gasteiger partial charge in [0.2, 0.25) is 0 Å². The molecule has 0 aliphatic carbocycles. The van der Waals surface area contributed by atoms with Gasteiger partial charge in [-0.15, -0.1) is 11.3 Å². The van der Waals surface area contributed by atoms with Gasteiger partial charge in [-0.2, -0.15) is 0 Å². The Labute approximate surface area is 96.1 Å². The Morgan fingerprint density at radius 3 is 2.88 bits per heavy atom. The Morgan fingerprint density at radius 2 is 2.06 bits per heavy atom. The second-order valence-corrected chi connectivity index (χ2v) is 4.44. The molecule has 2 aromatic heterocycles. The maximum Gasteiger partial charge on any atom is 0.185 e. The summed E-state index contributed by atoms with van der Waals surface area (Å²) in [6, 6.07) is 11.7. The molecule has 16 heavy (non-hydrogen) atoms. The molecule has 78 valence electrons. The van der Waals surface area contributed by atoms with Crippen molar-refractivity contribution >= 4 is 27.7 Å². The molecular weight excluding hydrogens is 220 g/mol. The van der Waals surface area contributed by atoms with Gasteiger partial charge in [0.1, 0.15) is 5.76 Å². The lowest BCUT2D eigenvalue weighted by molar-refractivity contribution is 0.110. The van der Waals surface area contributed by atoms with Crippen LogP contribution in [0.25, 0.3) is 21.4 Å². The van der Waals surface area contributed by atoms with Crippen molar-refractivity contribution in [3.05, 3.63) is 47.5 Å². The number of aldehydes is 1. The van der Waals surface area contributed by atoms with Crippen LogP contribution in [0.15, 0.2) is 46.2 Å². The number of carbonyl (C=O) groups excluding carboxylic acids is 1. The van der Waals surface area contributed by atoms with Crippen molar-refractivity contribution in [2.75, 3.05) is 0 Å². The molecule has 0 saturated heterocycles. The van der Waals surface area contributed by atoms with Crippen LogP contribution in [-0.2, 0) is 0 Å². The first-order valence-corrected chi connectivity index (χ1v) is 5.77. The van der Waals surface area contributed by atoms with Crippen LogP contribution in [0.4, 0.5) is 0 Å². The van der Waals surface area contributed by atoms with E-state index in [1.807, 2.05) is 12.1 Å². The summed E-state index contributed by atoms with van der Waals surface area (Å²) in [4.78, 5) is 10.5. The van der Waals surface area contributed by atoms with Gasteiger partial charge in [0.05, 0.1) is 0 Å². The summed E-state index contributed by atoms with van der Waals surface area (Å²) >= 11 is 1.70. The third kappa shape index (κ3) is 1.46. The minimum Gasteiger partial charge on any atom is -0.453 e. The van der Waals surface area contributed by atoms with E-state index in [-0.39, 0.29) is 0 Å². The minimum absolute atomic E-state index is 0.362. The number of hydrogen-bond acceptors (Lipinski definition) is 3. The topological polar surface area (TPSA) is 30.2 Å². The first-order valence-electron chi connectivity index (χ1n) is 4.89. The molecule has 0 amide bonds. The molecule has 0 unspecified atom stereocenters. The van der Waals surface area contributed by atoms with Crippen molar-refractivity contribution in [1.29, 1.82) is 0 Å². The molecule has 3 rings (SSSR count). The standard InChI is InChI=1S/C13H8O2S/c14-8-11-3-4-12(15-11)10-2-1-9-5-6-16-13(9)7-10/h1-8H. The molecule has 0 N–H and O–H groups in total. The van der Waals surface area contributed by atoms with Gasteiger partial charge in [-0.05, 0) is 35.0 Å². The quantitative estimate of drug-likeness (QED) is 0.621. The maximum absolute atomic E-state index is 10.5. The molecule has 1 aromatic carbocycles. The van der Waals surface area contributed by atoms with Crippen LogP contribution in [-0.4, -0.2) is 6.29 Å². The molecule has 3 aromatic rings. The predicted molar refractivity (Wildman–Crippen MR) is 64.9 cm³/mol. The molecule has 0 radical (unpaired) electrons. The Balaban J connectivity index is 2.13. The van der Waals surface area contributed by atoms with Gasteiger partial charge in [-0.3, -0.25) is 4.79 Å². The molecule has 0 aliphatic rings. The molecule has 0 bridgehead atoms. The summed E-state index contributed by atoms with van der Waals surface area (Å²) in [5, 5.41) is 3.30. The van der Waals surface area contributed by atoms with Crippen LogP contribution in [0.1, 0.15) is 10.6 Å². The van der Waals surface area contributed by atoms with Crippen LogP contribution in [0, 0.1) is 0 Å². The fraction of sp³-hybridized carbons (Fsp3) is 0. The van der Waals surface area contributed by atoms with Crippen molar-refractivity contribution in [3.8, 4) is 11.3 Å². The molecular formula is C13H8O2S. The highest BCUT2D eigenvalue weighted by atomic mass is 32.1. The van der Waals surface area contributed by atoms with E-state index in [1.165, 1.54) is 10.1 Å². The fourth-order valence-corrected chi connectivity index (χ4v) is 2.51.